The first-order valence-electron chi connectivity index (χ1n) is 13.0. The van der Waals surface area contributed by atoms with Crippen LogP contribution in [0.3, 0.4) is 0 Å². The molecule has 5 aromatic rings. The van der Waals surface area contributed by atoms with Gasteiger partial charge in [-0.1, -0.05) is 13.3 Å². The van der Waals surface area contributed by atoms with Gasteiger partial charge < -0.3 is 20.1 Å². The molecule has 1 fully saturated rings. The number of amides is 1. The highest BCUT2D eigenvalue weighted by molar-refractivity contribution is 5.96. The van der Waals surface area contributed by atoms with Crippen molar-refractivity contribution in [3.05, 3.63) is 43.0 Å². The summed E-state index contributed by atoms with van der Waals surface area (Å²) >= 11 is 0. The molecule has 6 rings (SSSR count). The molecule has 0 aromatic carbocycles. The number of aromatic amines is 2. The van der Waals surface area contributed by atoms with Gasteiger partial charge >= 0.3 is 0 Å². The summed E-state index contributed by atoms with van der Waals surface area (Å²) < 4.78 is 0. The van der Waals surface area contributed by atoms with Gasteiger partial charge in [0, 0.05) is 62.3 Å². The molecule has 3 N–H and O–H groups in total. The third-order valence-corrected chi connectivity index (χ3v) is 6.94. The fourth-order valence-corrected chi connectivity index (χ4v) is 4.75. The van der Waals surface area contributed by atoms with Crippen LogP contribution in [-0.4, -0.2) is 79.2 Å². The Bertz CT molecular complexity index is 1600. The molecule has 0 spiro atoms. The van der Waals surface area contributed by atoms with E-state index in [9.17, 15) is 4.79 Å². The van der Waals surface area contributed by atoms with E-state index in [-0.39, 0.29) is 5.91 Å². The molecule has 1 aliphatic rings. The number of aromatic nitrogens is 7. The molecule has 6 heterocycles. The van der Waals surface area contributed by atoms with Gasteiger partial charge in [-0.25, -0.2) is 15.0 Å². The molecule has 0 unspecified atom stereocenters. The van der Waals surface area contributed by atoms with Gasteiger partial charge in [0.15, 0.2) is 17.3 Å². The van der Waals surface area contributed by atoms with Crippen molar-refractivity contribution in [1.82, 2.24) is 40.0 Å². The quantitative estimate of drug-likeness (QED) is 0.301. The number of anilines is 2. The number of hydrogen-bond donors (Lipinski definition) is 3. The number of imidazole rings is 1. The van der Waals surface area contributed by atoms with Crippen molar-refractivity contribution in [1.29, 1.82) is 0 Å². The number of fused-ring (bicyclic) bond motifs is 2. The number of rotatable bonds is 7. The Morgan fingerprint density at radius 2 is 1.92 bits per heavy atom. The van der Waals surface area contributed by atoms with Crippen molar-refractivity contribution in [2.75, 3.05) is 43.4 Å². The maximum atomic E-state index is 12.2. The number of nitrogens with zero attached hydrogens (tertiary/aromatic N) is 7. The Morgan fingerprint density at radius 1 is 1.08 bits per heavy atom. The molecule has 0 aliphatic carbocycles. The zero-order valence-corrected chi connectivity index (χ0v) is 21.5. The predicted octanol–water partition coefficient (Wildman–Crippen LogP) is 3.84. The summed E-state index contributed by atoms with van der Waals surface area (Å²) in [5, 5.41) is 11.3. The van der Waals surface area contributed by atoms with Crippen LogP contribution in [-0.2, 0) is 4.79 Å². The molecule has 5 aromatic heterocycles. The zero-order chi connectivity index (χ0) is 26.1. The van der Waals surface area contributed by atoms with Gasteiger partial charge in [0.05, 0.1) is 22.8 Å². The highest BCUT2D eigenvalue weighted by Crippen LogP contribution is 2.31. The van der Waals surface area contributed by atoms with Crippen LogP contribution in [0.2, 0.25) is 0 Å². The number of unbranched alkanes of at least 4 members (excludes halogenated alkanes) is 1. The van der Waals surface area contributed by atoms with E-state index in [4.69, 9.17) is 4.98 Å². The Labute approximate surface area is 219 Å². The van der Waals surface area contributed by atoms with Crippen LogP contribution in [0.4, 0.5) is 11.5 Å². The average molecular weight is 511 g/mol. The summed E-state index contributed by atoms with van der Waals surface area (Å²) in [7, 11) is 2.14. The minimum absolute atomic E-state index is 0.00758. The normalized spacial score (nSPS) is 14.4. The van der Waals surface area contributed by atoms with Crippen molar-refractivity contribution in [3.63, 3.8) is 0 Å². The van der Waals surface area contributed by atoms with E-state index in [2.05, 4.69) is 59.2 Å². The average Bonchev–Trinajstić information content (AvgIpc) is 3.56. The van der Waals surface area contributed by atoms with E-state index < -0.39 is 0 Å². The molecule has 1 saturated heterocycles. The maximum Gasteiger partial charge on any atom is 0.224 e. The Morgan fingerprint density at radius 3 is 2.76 bits per heavy atom. The Balaban J connectivity index is 1.33. The van der Waals surface area contributed by atoms with Gasteiger partial charge in [-0.15, -0.1) is 0 Å². The van der Waals surface area contributed by atoms with Crippen LogP contribution in [0.5, 0.6) is 0 Å². The summed E-state index contributed by atoms with van der Waals surface area (Å²) in [6.45, 7) is 5.88. The van der Waals surface area contributed by atoms with Crippen LogP contribution >= 0.6 is 0 Å². The summed E-state index contributed by atoms with van der Waals surface area (Å²) in [5.41, 5.74) is 5.50. The molecule has 0 radical (unpaired) electrons. The van der Waals surface area contributed by atoms with Crippen LogP contribution in [0.25, 0.3) is 44.7 Å². The summed E-state index contributed by atoms with van der Waals surface area (Å²) in [6.07, 6.45) is 9.34. The fraction of sp³-hybridized carbons (Fsp3) is 0.333. The van der Waals surface area contributed by atoms with E-state index in [0.29, 0.717) is 23.6 Å². The highest BCUT2D eigenvalue weighted by Gasteiger charge is 2.21. The number of nitrogens with one attached hydrogen (secondary N) is 3. The highest BCUT2D eigenvalue weighted by atomic mass is 16.1. The number of hydrogen-bond acceptors (Lipinski definition) is 8. The second-order valence-electron chi connectivity index (χ2n) is 9.71. The molecular formula is C27H30N10O. The minimum atomic E-state index is -0.00758. The first-order valence-corrected chi connectivity index (χ1v) is 13.0. The van der Waals surface area contributed by atoms with E-state index in [1.54, 1.807) is 18.6 Å². The van der Waals surface area contributed by atoms with Gasteiger partial charge in [-0.3, -0.25) is 14.9 Å². The molecule has 1 aliphatic heterocycles. The molecule has 0 saturated carbocycles. The third-order valence-electron chi connectivity index (χ3n) is 6.94. The summed E-state index contributed by atoms with van der Waals surface area (Å²) in [4.78, 5) is 38.7. The van der Waals surface area contributed by atoms with Crippen LogP contribution in [0, 0.1) is 0 Å². The van der Waals surface area contributed by atoms with Gasteiger partial charge in [0.25, 0.3) is 0 Å². The van der Waals surface area contributed by atoms with Crippen molar-refractivity contribution in [3.8, 4) is 22.6 Å². The fourth-order valence-electron chi connectivity index (χ4n) is 4.75. The number of piperazine rings is 1. The number of likely N-dealkylation sites (N-methyl/N-ethyl adjacent to an activating group) is 1. The SMILES string of the molecule is CCCCC(=O)Nc1cncc(-c2cnc3n[nH]c(-c4nc5c(N6CCN(C)CC6)nccc5[nH]4)c3c2)c1. The van der Waals surface area contributed by atoms with E-state index in [1.165, 1.54) is 0 Å². The van der Waals surface area contributed by atoms with Crippen LogP contribution in [0.15, 0.2) is 43.0 Å². The summed E-state index contributed by atoms with van der Waals surface area (Å²) in [6, 6.07) is 5.88. The van der Waals surface area contributed by atoms with Gasteiger partial charge in [0.2, 0.25) is 5.91 Å². The van der Waals surface area contributed by atoms with Gasteiger partial charge in [-0.05, 0) is 31.7 Å². The molecule has 38 heavy (non-hydrogen) atoms. The second-order valence-corrected chi connectivity index (χ2v) is 9.71. The largest absolute Gasteiger partial charge is 0.352 e. The lowest BCUT2D eigenvalue weighted by Crippen LogP contribution is -2.44. The molecule has 1 amide bonds. The molecule has 0 bridgehead atoms. The van der Waals surface area contributed by atoms with Crippen molar-refractivity contribution >= 4 is 39.5 Å². The summed E-state index contributed by atoms with van der Waals surface area (Å²) in [5.74, 6) is 1.57. The Hall–Kier alpha value is -4.38. The van der Waals surface area contributed by atoms with Crippen molar-refractivity contribution in [2.45, 2.75) is 26.2 Å². The maximum absolute atomic E-state index is 12.2. The number of carbonyl (C=O) groups is 1. The predicted molar refractivity (Wildman–Crippen MR) is 148 cm³/mol. The Kier molecular flexibility index (Phi) is 6.42. The van der Waals surface area contributed by atoms with Crippen molar-refractivity contribution < 1.29 is 4.79 Å². The molecular weight excluding hydrogens is 480 g/mol. The topological polar surface area (TPSA) is 132 Å². The van der Waals surface area contributed by atoms with E-state index in [1.807, 2.05) is 24.4 Å². The third kappa shape index (κ3) is 4.68. The first-order chi connectivity index (χ1) is 18.6. The standard InChI is InChI=1S/C27H30N10O/c1-3-4-5-22(38)31-19-12-17(14-28-16-19)18-13-20-23(34-35-25(20)30-15-18)26-32-21-6-7-29-27(24(21)33-26)37-10-8-36(2)9-11-37/h6-7,12-16H,3-5,8-11H2,1-2H3,(H,31,38)(H,32,33)(H,30,34,35). The first kappa shape index (κ1) is 24.0. The minimum Gasteiger partial charge on any atom is -0.352 e. The number of carbonyl (C=O) groups excluding carboxylic acids is 1. The molecule has 194 valence electrons. The second kappa shape index (κ2) is 10.2. The lowest BCUT2D eigenvalue weighted by Gasteiger charge is -2.33. The van der Waals surface area contributed by atoms with E-state index >= 15 is 0 Å². The smallest absolute Gasteiger partial charge is 0.224 e. The van der Waals surface area contributed by atoms with Crippen LogP contribution < -0.4 is 10.2 Å². The lowest BCUT2D eigenvalue weighted by atomic mass is 10.1. The lowest BCUT2D eigenvalue weighted by molar-refractivity contribution is -0.116. The van der Waals surface area contributed by atoms with Crippen LogP contribution in [0.1, 0.15) is 26.2 Å². The van der Waals surface area contributed by atoms with E-state index in [0.717, 1.165) is 78.1 Å². The monoisotopic (exact) mass is 510 g/mol. The van der Waals surface area contributed by atoms with Crippen molar-refractivity contribution in [2.24, 2.45) is 0 Å². The zero-order valence-electron chi connectivity index (χ0n) is 21.5. The van der Waals surface area contributed by atoms with Gasteiger partial charge in [0.1, 0.15) is 11.2 Å². The molecule has 11 heteroatoms. The number of H-pyrrole nitrogens is 2. The molecule has 0 atom stereocenters. The number of pyridine rings is 3. The van der Waals surface area contributed by atoms with Gasteiger partial charge in [-0.2, -0.15) is 5.10 Å². The molecule has 11 nitrogen and oxygen atoms in total.